The lowest BCUT2D eigenvalue weighted by atomic mass is 10.1. The first kappa shape index (κ1) is 15.5. The van der Waals surface area contributed by atoms with Gasteiger partial charge in [-0.05, 0) is 18.8 Å². The maximum absolute atomic E-state index is 11.9. The van der Waals surface area contributed by atoms with Crippen LogP contribution in [0.3, 0.4) is 0 Å². The number of nitrogens with zero attached hydrogens (tertiary/aromatic N) is 1. The number of carbonyl (C=O) groups excluding carboxylic acids is 3. The molecule has 1 aliphatic rings. The van der Waals surface area contributed by atoms with Gasteiger partial charge < -0.3 is 10.6 Å². The van der Waals surface area contributed by atoms with Crippen molar-refractivity contribution in [3.63, 3.8) is 0 Å². The minimum atomic E-state index is -0.471. The van der Waals surface area contributed by atoms with Crippen molar-refractivity contribution in [2.75, 3.05) is 13.1 Å². The highest BCUT2D eigenvalue weighted by atomic mass is 16.2. The van der Waals surface area contributed by atoms with Gasteiger partial charge >= 0.3 is 6.03 Å². The summed E-state index contributed by atoms with van der Waals surface area (Å²) < 4.78 is 0. The van der Waals surface area contributed by atoms with Gasteiger partial charge in [0.15, 0.2) is 0 Å². The minimum absolute atomic E-state index is 0.191. The number of imide groups is 1. The van der Waals surface area contributed by atoms with E-state index in [0.29, 0.717) is 18.9 Å². The van der Waals surface area contributed by atoms with E-state index in [2.05, 4.69) is 24.5 Å². The quantitative estimate of drug-likeness (QED) is 0.673. The third kappa shape index (κ3) is 4.54. The Hall–Kier alpha value is -1.59. The van der Waals surface area contributed by atoms with Gasteiger partial charge in [-0.1, -0.05) is 27.2 Å². The van der Waals surface area contributed by atoms with Gasteiger partial charge in [0.2, 0.25) is 5.91 Å². The van der Waals surface area contributed by atoms with E-state index in [1.54, 1.807) is 0 Å². The average Bonchev–Trinajstić information content (AvgIpc) is 2.57. The normalized spacial score (nSPS) is 18.9. The lowest BCUT2D eigenvalue weighted by molar-refractivity contribution is -0.132. The Labute approximate surface area is 113 Å². The van der Waals surface area contributed by atoms with Crippen LogP contribution in [0.5, 0.6) is 0 Å². The van der Waals surface area contributed by atoms with Crippen LogP contribution >= 0.6 is 0 Å². The van der Waals surface area contributed by atoms with Crippen LogP contribution in [-0.2, 0) is 9.59 Å². The minimum Gasteiger partial charge on any atom is -0.355 e. The zero-order valence-corrected chi connectivity index (χ0v) is 11.9. The van der Waals surface area contributed by atoms with Crippen molar-refractivity contribution in [2.45, 2.75) is 46.1 Å². The third-order valence-corrected chi connectivity index (χ3v) is 3.03. The number of rotatable bonds is 7. The van der Waals surface area contributed by atoms with E-state index in [9.17, 15) is 14.4 Å². The van der Waals surface area contributed by atoms with Crippen molar-refractivity contribution in [1.82, 2.24) is 15.5 Å². The highest BCUT2D eigenvalue weighted by Gasteiger charge is 2.38. The highest BCUT2D eigenvalue weighted by molar-refractivity contribution is 6.06. The molecule has 108 valence electrons. The molecule has 0 bridgehead atoms. The van der Waals surface area contributed by atoms with Crippen molar-refractivity contribution < 1.29 is 14.4 Å². The van der Waals surface area contributed by atoms with E-state index in [4.69, 9.17) is 0 Å². The molecule has 0 aromatic heterocycles. The van der Waals surface area contributed by atoms with E-state index in [1.807, 2.05) is 6.92 Å². The summed E-state index contributed by atoms with van der Waals surface area (Å²) in [5.74, 6) is -0.0851. The molecule has 4 amide bonds. The maximum atomic E-state index is 11.9. The van der Waals surface area contributed by atoms with Crippen LogP contribution in [0.15, 0.2) is 0 Å². The fourth-order valence-electron chi connectivity index (χ4n) is 1.91. The van der Waals surface area contributed by atoms with E-state index < -0.39 is 12.1 Å². The highest BCUT2D eigenvalue weighted by Crippen LogP contribution is 2.10. The van der Waals surface area contributed by atoms with Crippen LogP contribution in [0.1, 0.15) is 40.0 Å². The van der Waals surface area contributed by atoms with Gasteiger partial charge in [0.1, 0.15) is 12.6 Å². The fraction of sp³-hybridized carbons (Fsp3) is 0.769. The Balaban J connectivity index is 2.41. The Morgan fingerprint density at radius 2 is 2.11 bits per heavy atom. The number of hydrogen-bond donors (Lipinski definition) is 2. The molecule has 0 saturated carbocycles. The summed E-state index contributed by atoms with van der Waals surface area (Å²) in [6.45, 7) is 6.46. The smallest absolute Gasteiger partial charge is 0.325 e. The van der Waals surface area contributed by atoms with Gasteiger partial charge in [0.25, 0.3) is 5.91 Å². The van der Waals surface area contributed by atoms with Crippen molar-refractivity contribution in [3.05, 3.63) is 0 Å². The van der Waals surface area contributed by atoms with Crippen LogP contribution in [-0.4, -0.2) is 41.9 Å². The molecule has 1 atom stereocenters. The monoisotopic (exact) mass is 269 g/mol. The van der Waals surface area contributed by atoms with Crippen LogP contribution in [0, 0.1) is 5.92 Å². The molecule has 0 spiro atoms. The number of urea groups is 1. The first-order valence-electron chi connectivity index (χ1n) is 6.84. The summed E-state index contributed by atoms with van der Waals surface area (Å²) in [4.78, 5) is 36.1. The van der Waals surface area contributed by atoms with Gasteiger partial charge in [-0.2, -0.15) is 0 Å². The molecule has 6 nitrogen and oxygen atoms in total. The second kappa shape index (κ2) is 7.11. The molecular formula is C13H23N3O3. The molecule has 1 rings (SSSR count). The first-order chi connectivity index (χ1) is 8.95. The Morgan fingerprint density at radius 1 is 1.42 bits per heavy atom. The van der Waals surface area contributed by atoms with E-state index in [1.165, 1.54) is 0 Å². The summed E-state index contributed by atoms with van der Waals surface area (Å²) in [7, 11) is 0. The summed E-state index contributed by atoms with van der Waals surface area (Å²) >= 11 is 0. The molecule has 19 heavy (non-hydrogen) atoms. The molecule has 0 aromatic carbocycles. The average molecular weight is 269 g/mol. The molecule has 1 unspecified atom stereocenters. The first-order valence-corrected chi connectivity index (χ1v) is 6.84. The van der Waals surface area contributed by atoms with Crippen LogP contribution in [0.25, 0.3) is 0 Å². The molecule has 0 aliphatic carbocycles. The SMILES string of the molecule is CCCC1NC(=O)N(CC(=O)NCCC(C)C)C1=O. The van der Waals surface area contributed by atoms with Crippen molar-refractivity contribution in [3.8, 4) is 0 Å². The molecule has 6 heteroatoms. The van der Waals surface area contributed by atoms with Gasteiger partial charge in [0, 0.05) is 6.54 Å². The molecule has 1 fully saturated rings. The Kier molecular flexibility index (Phi) is 5.79. The van der Waals surface area contributed by atoms with Crippen molar-refractivity contribution in [1.29, 1.82) is 0 Å². The van der Waals surface area contributed by atoms with Gasteiger partial charge in [-0.25, -0.2) is 4.79 Å². The second-order valence-corrected chi connectivity index (χ2v) is 5.25. The number of amides is 4. The topological polar surface area (TPSA) is 78.5 Å². The van der Waals surface area contributed by atoms with Gasteiger partial charge in [-0.3, -0.25) is 14.5 Å². The van der Waals surface area contributed by atoms with Crippen LogP contribution < -0.4 is 10.6 Å². The van der Waals surface area contributed by atoms with E-state index in [-0.39, 0.29) is 18.4 Å². The van der Waals surface area contributed by atoms with E-state index in [0.717, 1.165) is 17.7 Å². The van der Waals surface area contributed by atoms with E-state index >= 15 is 0 Å². The molecule has 1 heterocycles. The lowest BCUT2D eigenvalue weighted by Crippen LogP contribution is -2.41. The third-order valence-electron chi connectivity index (χ3n) is 3.03. The van der Waals surface area contributed by atoms with Crippen molar-refractivity contribution in [2.24, 2.45) is 5.92 Å². The summed E-state index contributed by atoms with van der Waals surface area (Å²) in [6.07, 6.45) is 2.30. The van der Waals surface area contributed by atoms with Crippen LogP contribution in [0.4, 0.5) is 4.79 Å². The molecule has 1 saturated heterocycles. The standard InChI is InChI=1S/C13H23N3O3/c1-4-5-10-12(18)16(13(19)15-10)8-11(17)14-7-6-9(2)3/h9-10H,4-8H2,1-3H3,(H,14,17)(H,15,19). The molecule has 2 N–H and O–H groups in total. The predicted molar refractivity (Wildman–Crippen MR) is 71.4 cm³/mol. The molecule has 0 aromatic rings. The number of carbonyl (C=O) groups is 3. The largest absolute Gasteiger partial charge is 0.355 e. The second-order valence-electron chi connectivity index (χ2n) is 5.25. The fourth-order valence-corrected chi connectivity index (χ4v) is 1.91. The van der Waals surface area contributed by atoms with Crippen LogP contribution in [0.2, 0.25) is 0 Å². The molecule has 0 radical (unpaired) electrons. The number of hydrogen-bond acceptors (Lipinski definition) is 3. The predicted octanol–water partition coefficient (Wildman–Crippen LogP) is 0.869. The Bertz CT molecular complexity index is 355. The summed E-state index contributed by atoms with van der Waals surface area (Å²) in [5.41, 5.74) is 0. The number of nitrogens with one attached hydrogen (secondary N) is 2. The molecular weight excluding hydrogens is 246 g/mol. The summed E-state index contributed by atoms with van der Waals surface area (Å²) in [5, 5.41) is 5.31. The molecule has 1 aliphatic heterocycles. The van der Waals surface area contributed by atoms with Crippen molar-refractivity contribution >= 4 is 17.8 Å². The summed E-state index contributed by atoms with van der Waals surface area (Å²) in [6, 6.07) is -0.941. The van der Waals surface area contributed by atoms with Gasteiger partial charge in [-0.15, -0.1) is 0 Å². The zero-order chi connectivity index (χ0) is 14.4. The maximum Gasteiger partial charge on any atom is 0.325 e. The zero-order valence-electron chi connectivity index (χ0n) is 11.9. The van der Waals surface area contributed by atoms with Gasteiger partial charge in [0.05, 0.1) is 0 Å². The Morgan fingerprint density at radius 3 is 2.68 bits per heavy atom. The lowest BCUT2D eigenvalue weighted by Gasteiger charge is -2.13.